The molecule has 0 bridgehead atoms. The molecule has 1 unspecified atom stereocenters. The monoisotopic (exact) mass is 157 g/mol. The molecule has 0 amide bonds. The van der Waals surface area contributed by atoms with Gasteiger partial charge in [-0.2, -0.15) is 5.26 Å². The lowest BCUT2D eigenvalue weighted by molar-refractivity contribution is 0.216. The number of aliphatic hydroxyl groups excluding tert-OH is 1. The molecule has 0 aromatic rings. The van der Waals surface area contributed by atoms with Gasteiger partial charge in [-0.25, -0.2) is 0 Å². The third-order valence-electron chi connectivity index (χ3n) is 0.942. The van der Waals surface area contributed by atoms with Gasteiger partial charge in [0.1, 0.15) is 0 Å². The Balaban J connectivity index is 0. The predicted octanol–water partition coefficient (Wildman–Crippen LogP) is 2.33. The molecule has 1 atom stereocenters. The van der Waals surface area contributed by atoms with E-state index in [9.17, 15) is 0 Å². The highest BCUT2D eigenvalue weighted by Crippen LogP contribution is 2.00. The third-order valence-corrected chi connectivity index (χ3v) is 0.942. The first kappa shape index (κ1) is 13.1. The number of nitrogens with zero attached hydrogens (tertiary/aromatic N) is 1. The molecule has 1 N–H and O–H groups in total. The van der Waals surface area contributed by atoms with E-state index >= 15 is 0 Å². The molecule has 0 aromatic carbocycles. The summed E-state index contributed by atoms with van der Waals surface area (Å²) in [7, 11) is 0. The third kappa shape index (κ3) is 26.5. The second kappa shape index (κ2) is 9.45. The summed E-state index contributed by atoms with van der Waals surface area (Å²) in [5.74, 6) is 0.255. The molecule has 0 saturated heterocycles. The minimum absolute atomic E-state index is 0.167. The number of rotatable bonds is 2. The van der Waals surface area contributed by atoms with Gasteiger partial charge in [0.15, 0.2) is 0 Å². The van der Waals surface area contributed by atoms with Crippen LogP contribution in [0.3, 0.4) is 0 Å². The van der Waals surface area contributed by atoms with Gasteiger partial charge in [0.05, 0.1) is 6.07 Å². The van der Waals surface area contributed by atoms with E-state index in [-0.39, 0.29) is 12.0 Å². The summed E-state index contributed by atoms with van der Waals surface area (Å²) in [6.07, 6.45) is 1.99. The Labute approximate surface area is 69.9 Å². The number of hydrogen-bond donors (Lipinski definition) is 1. The zero-order valence-corrected chi connectivity index (χ0v) is 7.96. The zero-order chi connectivity index (χ0) is 9.28. The first-order chi connectivity index (χ1) is 5.04. The Kier molecular flexibility index (Phi) is 11.2. The van der Waals surface area contributed by atoms with Crippen LogP contribution >= 0.6 is 0 Å². The van der Waals surface area contributed by atoms with Crippen LogP contribution in [0, 0.1) is 17.2 Å². The molecule has 2 heteroatoms. The summed E-state index contributed by atoms with van der Waals surface area (Å²) in [5, 5.41) is 16.3. The average molecular weight is 157 g/mol. The molecule has 0 fully saturated rings. The van der Waals surface area contributed by atoms with Crippen molar-refractivity contribution in [2.24, 2.45) is 5.92 Å². The fourth-order valence-electron chi connectivity index (χ4n) is 0.498. The van der Waals surface area contributed by atoms with E-state index in [4.69, 9.17) is 10.4 Å². The molecule has 0 aromatic heterocycles. The van der Waals surface area contributed by atoms with E-state index in [1.165, 1.54) is 0 Å². The quantitative estimate of drug-likeness (QED) is 0.668. The predicted molar refractivity (Wildman–Crippen MR) is 47.0 cm³/mol. The maximum Gasteiger partial charge on any atom is 0.0652 e. The lowest BCUT2D eigenvalue weighted by Gasteiger charge is -1.92. The Morgan fingerprint density at radius 3 is 1.82 bits per heavy atom. The number of hydrogen-bond acceptors (Lipinski definition) is 2. The average Bonchev–Trinajstić information content (AvgIpc) is 1.87. The molecular weight excluding hydrogens is 138 g/mol. The minimum atomic E-state index is -0.167. The van der Waals surface area contributed by atoms with Gasteiger partial charge in [0.2, 0.25) is 0 Å². The Morgan fingerprint density at radius 1 is 1.36 bits per heavy atom. The molecule has 0 saturated carbocycles. The number of aliphatic hydroxyl groups is 1. The van der Waals surface area contributed by atoms with Crippen LogP contribution in [0.4, 0.5) is 0 Å². The van der Waals surface area contributed by atoms with Crippen molar-refractivity contribution in [3.8, 4) is 6.07 Å². The molecule has 0 heterocycles. The summed E-state index contributed by atoms with van der Waals surface area (Å²) in [6.45, 7) is 7.48. The van der Waals surface area contributed by atoms with Crippen molar-refractivity contribution in [2.75, 3.05) is 0 Å². The molecule has 0 aliphatic rings. The molecule has 0 radical (unpaired) electrons. The molecule has 0 spiro atoms. The molecule has 0 aliphatic carbocycles. The van der Waals surface area contributed by atoms with Crippen LogP contribution in [0.1, 0.15) is 40.5 Å². The summed E-state index contributed by atoms with van der Waals surface area (Å²) >= 11 is 0. The standard InChI is InChI=1S/C6H11N.C3H8O/c1-3-4-6(2)5-7;1-3(2)4/h6H,3-4H2,1-2H3;3-4H,1-2H3. The van der Waals surface area contributed by atoms with Crippen LogP contribution in [-0.4, -0.2) is 11.2 Å². The largest absolute Gasteiger partial charge is 0.394 e. The fraction of sp³-hybridized carbons (Fsp3) is 0.889. The van der Waals surface area contributed by atoms with Crippen molar-refractivity contribution in [3.63, 3.8) is 0 Å². The summed E-state index contributed by atoms with van der Waals surface area (Å²) < 4.78 is 0. The Morgan fingerprint density at radius 2 is 1.73 bits per heavy atom. The maximum atomic E-state index is 8.22. The lowest BCUT2D eigenvalue weighted by atomic mass is 10.1. The molecule has 66 valence electrons. The summed E-state index contributed by atoms with van der Waals surface area (Å²) in [5.41, 5.74) is 0. The molecule has 2 nitrogen and oxygen atoms in total. The Hall–Kier alpha value is -0.550. The number of nitriles is 1. The van der Waals surface area contributed by atoms with E-state index in [1.54, 1.807) is 13.8 Å². The van der Waals surface area contributed by atoms with Gasteiger partial charge in [-0.05, 0) is 27.2 Å². The normalized spacial score (nSPS) is 11.4. The van der Waals surface area contributed by atoms with Gasteiger partial charge < -0.3 is 5.11 Å². The smallest absolute Gasteiger partial charge is 0.0652 e. The van der Waals surface area contributed by atoms with Crippen LogP contribution in [0.5, 0.6) is 0 Å². The van der Waals surface area contributed by atoms with Gasteiger partial charge in [0.25, 0.3) is 0 Å². The summed E-state index contributed by atoms with van der Waals surface area (Å²) in [4.78, 5) is 0. The SMILES string of the molecule is CC(C)O.CCCC(C)C#N. The van der Waals surface area contributed by atoms with Crippen LogP contribution in [0.25, 0.3) is 0 Å². The van der Waals surface area contributed by atoms with Crippen LogP contribution in [0.15, 0.2) is 0 Å². The van der Waals surface area contributed by atoms with Crippen molar-refractivity contribution in [1.82, 2.24) is 0 Å². The fourth-order valence-corrected chi connectivity index (χ4v) is 0.498. The van der Waals surface area contributed by atoms with Crippen molar-refractivity contribution < 1.29 is 5.11 Å². The van der Waals surface area contributed by atoms with E-state index in [2.05, 4.69) is 13.0 Å². The van der Waals surface area contributed by atoms with Gasteiger partial charge in [-0.1, -0.05) is 13.3 Å². The topological polar surface area (TPSA) is 44.0 Å². The van der Waals surface area contributed by atoms with E-state index < -0.39 is 0 Å². The van der Waals surface area contributed by atoms with E-state index in [0.29, 0.717) is 0 Å². The van der Waals surface area contributed by atoms with E-state index in [0.717, 1.165) is 12.8 Å². The molecule has 11 heavy (non-hydrogen) atoms. The maximum absolute atomic E-state index is 8.22. The first-order valence-electron chi connectivity index (χ1n) is 4.12. The van der Waals surface area contributed by atoms with E-state index in [1.807, 2.05) is 6.92 Å². The van der Waals surface area contributed by atoms with Crippen LogP contribution in [-0.2, 0) is 0 Å². The van der Waals surface area contributed by atoms with Crippen molar-refractivity contribution in [1.29, 1.82) is 5.26 Å². The second-order valence-electron chi connectivity index (χ2n) is 2.91. The van der Waals surface area contributed by atoms with Gasteiger partial charge in [0, 0.05) is 12.0 Å². The van der Waals surface area contributed by atoms with Crippen LogP contribution in [0.2, 0.25) is 0 Å². The molecule has 0 rings (SSSR count). The summed E-state index contributed by atoms with van der Waals surface area (Å²) in [6, 6.07) is 2.17. The highest BCUT2D eigenvalue weighted by Gasteiger charge is 1.92. The first-order valence-corrected chi connectivity index (χ1v) is 4.12. The lowest BCUT2D eigenvalue weighted by Crippen LogP contribution is -1.85. The highest BCUT2D eigenvalue weighted by molar-refractivity contribution is 4.77. The van der Waals surface area contributed by atoms with Crippen molar-refractivity contribution in [3.05, 3.63) is 0 Å². The Bertz CT molecular complexity index is 102. The second-order valence-corrected chi connectivity index (χ2v) is 2.91. The van der Waals surface area contributed by atoms with Gasteiger partial charge in [-0.3, -0.25) is 0 Å². The highest BCUT2D eigenvalue weighted by atomic mass is 16.3. The van der Waals surface area contributed by atoms with Crippen molar-refractivity contribution in [2.45, 2.75) is 46.6 Å². The minimum Gasteiger partial charge on any atom is -0.394 e. The molecular formula is C9H19NO. The molecule has 0 aliphatic heterocycles. The zero-order valence-electron chi connectivity index (χ0n) is 7.96. The van der Waals surface area contributed by atoms with Crippen LogP contribution < -0.4 is 0 Å². The van der Waals surface area contributed by atoms with Crippen molar-refractivity contribution >= 4 is 0 Å². The van der Waals surface area contributed by atoms with Gasteiger partial charge in [-0.15, -0.1) is 0 Å². The van der Waals surface area contributed by atoms with Gasteiger partial charge >= 0.3 is 0 Å².